The third-order valence-corrected chi connectivity index (χ3v) is 3.49. The quantitative estimate of drug-likeness (QED) is 0.677. The summed E-state index contributed by atoms with van der Waals surface area (Å²) in [5.41, 5.74) is 1.67. The highest BCUT2D eigenvalue weighted by atomic mass is 79.9. The Kier molecular flexibility index (Phi) is 4.36. The molecule has 20 heavy (non-hydrogen) atoms. The lowest BCUT2D eigenvalue weighted by Crippen LogP contribution is -1.93. The van der Waals surface area contributed by atoms with Crippen LogP contribution in [-0.2, 0) is 6.61 Å². The van der Waals surface area contributed by atoms with Gasteiger partial charge in [0.1, 0.15) is 11.5 Å². The molecule has 0 atom stereocenters. The first-order valence-corrected chi connectivity index (χ1v) is 6.62. The lowest BCUT2D eigenvalue weighted by Gasteiger charge is -2.10. The predicted molar refractivity (Wildman–Crippen MR) is 78.0 cm³/mol. The zero-order chi connectivity index (χ0) is 14.7. The fraction of sp³-hybridized carbons (Fsp3) is 0.143. The lowest BCUT2D eigenvalue weighted by molar-refractivity contribution is -0.384. The van der Waals surface area contributed by atoms with Crippen LogP contribution in [0.4, 0.5) is 5.69 Å². The van der Waals surface area contributed by atoms with Crippen molar-refractivity contribution in [3.63, 3.8) is 0 Å². The fourth-order valence-corrected chi connectivity index (χ4v) is 2.05. The van der Waals surface area contributed by atoms with E-state index in [2.05, 4.69) is 15.9 Å². The van der Waals surface area contributed by atoms with Gasteiger partial charge in [-0.05, 0) is 52.2 Å². The maximum absolute atomic E-state index is 10.8. The van der Waals surface area contributed by atoms with E-state index < -0.39 is 4.92 Å². The minimum Gasteiger partial charge on any atom is -0.456 e. The van der Waals surface area contributed by atoms with E-state index in [9.17, 15) is 10.1 Å². The van der Waals surface area contributed by atoms with Crippen LogP contribution in [-0.4, -0.2) is 10.0 Å². The summed E-state index contributed by atoms with van der Waals surface area (Å²) in [5.74, 6) is 0.927. The number of ether oxygens (including phenoxy) is 1. The molecule has 0 unspecified atom stereocenters. The molecule has 0 aliphatic carbocycles. The number of benzene rings is 2. The number of aryl methyl sites for hydroxylation is 1. The van der Waals surface area contributed by atoms with Crippen molar-refractivity contribution in [3.8, 4) is 11.5 Å². The summed E-state index contributed by atoms with van der Waals surface area (Å²) >= 11 is 3.30. The Morgan fingerprint density at radius 2 is 2.05 bits per heavy atom. The van der Waals surface area contributed by atoms with Crippen molar-refractivity contribution in [1.29, 1.82) is 0 Å². The van der Waals surface area contributed by atoms with Crippen molar-refractivity contribution in [2.45, 2.75) is 13.5 Å². The van der Waals surface area contributed by atoms with Crippen LogP contribution < -0.4 is 4.74 Å². The molecule has 0 fully saturated rings. The number of nitro groups is 1. The van der Waals surface area contributed by atoms with Crippen molar-refractivity contribution in [1.82, 2.24) is 0 Å². The van der Waals surface area contributed by atoms with E-state index in [4.69, 9.17) is 9.84 Å². The molecule has 2 aromatic carbocycles. The Bertz CT molecular complexity index is 658. The number of hydrogen-bond donors (Lipinski definition) is 1. The van der Waals surface area contributed by atoms with Crippen molar-refractivity contribution in [3.05, 3.63) is 62.1 Å². The van der Waals surface area contributed by atoms with Gasteiger partial charge in [0, 0.05) is 6.07 Å². The Hall–Kier alpha value is -1.92. The fourth-order valence-electron chi connectivity index (χ4n) is 1.72. The second kappa shape index (κ2) is 6.02. The molecule has 0 amide bonds. The summed E-state index contributed by atoms with van der Waals surface area (Å²) in [7, 11) is 0. The van der Waals surface area contributed by atoms with Gasteiger partial charge in [-0.15, -0.1) is 0 Å². The molecule has 0 aromatic heterocycles. The molecule has 2 rings (SSSR count). The first-order chi connectivity index (χ1) is 9.51. The molecule has 0 spiro atoms. The van der Waals surface area contributed by atoms with Crippen molar-refractivity contribution in [2.75, 3.05) is 0 Å². The maximum atomic E-state index is 10.8. The Labute approximate surface area is 124 Å². The van der Waals surface area contributed by atoms with Gasteiger partial charge in [-0.2, -0.15) is 0 Å². The first-order valence-electron chi connectivity index (χ1n) is 5.83. The number of hydrogen-bond acceptors (Lipinski definition) is 4. The zero-order valence-electron chi connectivity index (χ0n) is 10.7. The van der Waals surface area contributed by atoms with E-state index in [1.165, 1.54) is 12.1 Å². The van der Waals surface area contributed by atoms with Crippen LogP contribution in [0, 0.1) is 17.0 Å². The van der Waals surface area contributed by atoms with Gasteiger partial charge in [-0.1, -0.05) is 6.07 Å². The van der Waals surface area contributed by atoms with Crippen LogP contribution >= 0.6 is 15.9 Å². The summed E-state index contributed by atoms with van der Waals surface area (Å²) in [6, 6.07) is 9.58. The van der Waals surface area contributed by atoms with Gasteiger partial charge in [-0.25, -0.2) is 0 Å². The number of rotatable bonds is 4. The predicted octanol–water partition coefficient (Wildman–Crippen LogP) is 3.95. The van der Waals surface area contributed by atoms with Crippen LogP contribution in [0.25, 0.3) is 0 Å². The highest BCUT2D eigenvalue weighted by Gasteiger charge is 2.11. The van der Waals surface area contributed by atoms with Gasteiger partial charge in [0.05, 0.1) is 22.1 Å². The third-order valence-electron chi connectivity index (χ3n) is 2.84. The van der Waals surface area contributed by atoms with Crippen molar-refractivity contribution < 1.29 is 14.8 Å². The highest BCUT2D eigenvalue weighted by Crippen LogP contribution is 2.33. The molecule has 1 N–H and O–H groups in total. The van der Waals surface area contributed by atoms with Crippen molar-refractivity contribution in [2.24, 2.45) is 0 Å². The second-order valence-corrected chi connectivity index (χ2v) is 5.07. The molecule has 0 aliphatic rings. The summed E-state index contributed by atoms with van der Waals surface area (Å²) in [5, 5.41) is 19.9. The normalized spacial score (nSPS) is 10.3. The molecule has 0 heterocycles. The van der Waals surface area contributed by atoms with Gasteiger partial charge in [0.25, 0.3) is 5.69 Å². The minimum atomic E-state index is -0.473. The molecule has 0 aliphatic heterocycles. The first kappa shape index (κ1) is 14.5. The van der Waals surface area contributed by atoms with Gasteiger partial charge < -0.3 is 9.84 Å². The average Bonchev–Trinajstić information content (AvgIpc) is 2.41. The number of aliphatic hydroxyl groups excluding tert-OH is 1. The van der Waals surface area contributed by atoms with Crippen LogP contribution in [0.5, 0.6) is 11.5 Å². The van der Waals surface area contributed by atoms with Crippen molar-refractivity contribution >= 4 is 21.6 Å². The van der Waals surface area contributed by atoms with Crippen LogP contribution in [0.1, 0.15) is 11.1 Å². The average molecular weight is 338 g/mol. The topological polar surface area (TPSA) is 72.6 Å². The van der Waals surface area contributed by atoms with E-state index in [0.29, 0.717) is 16.0 Å². The van der Waals surface area contributed by atoms with Gasteiger partial charge in [-0.3, -0.25) is 10.1 Å². The molecule has 0 bridgehead atoms. The molecule has 6 heteroatoms. The van der Waals surface area contributed by atoms with E-state index in [1.54, 1.807) is 24.3 Å². The molecule has 0 saturated heterocycles. The highest BCUT2D eigenvalue weighted by molar-refractivity contribution is 9.10. The molecule has 0 radical (unpaired) electrons. The van der Waals surface area contributed by atoms with Crippen LogP contribution in [0.3, 0.4) is 0 Å². The standard InChI is InChI=1S/C14H12BrNO4/c1-9-6-12(4-2-10(9)8-17)20-14-7-11(16(18)19)3-5-13(14)15/h2-7,17H,8H2,1H3. The Morgan fingerprint density at radius 1 is 1.30 bits per heavy atom. The van der Waals surface area contributed by atoms with Gasteiger partial charge in [0.2, 0.25) is 0 Å². The zero-order valence-corrected chi connectivity index (χ0v) is 12.3. The SMILES string of the molecule is Cc1cc(Oc2cc([N+](=O)[O-])ccc2Br)ccc1CO. The minimum absolute atomic E-state index is 0.0351. The molecule has 0 saturated carbocycles. The second-order valence-electron chi connectivity index (χ2n) is 4.22. The number of non-ortho nitro benzene ring substituents is 1. The summed E-state index contributed by atoms with van der Waals surface area (Å²) in [6.45, 7) is 1.83. The van der Waals surface area contributed by atoms with Gasteiger partial charge >= 0.3 is 0 Å². The molecule has 104 valence electrons. The monoisotopic (exact) mass is 337 g/mol. The molecular weight excluding hydrogens is 326 g/mol. The third kappa shape index (κ3) is 3.15. The van der Waals surface area contributed by atoms with E-state index >= 15 is 0 Å². The van der Waals surface area contributed by atoms with Gasteiger partial charge in [0.15, 0.2) is 0 Å². The smallest absolute Gasteiger partial charge is 0.273 e. The van der Waals surface area contributed by atoms with E-state index in [-0.39, 0.29) is 12.3 Å². The number of nitrogens with zero attached hydrogens (tertiary/aromatic N) is 1. The van der Waals surface area contributed by atoms with Crippen LogP contribution in [0.2, 0.25) is 0 Å². The maximum Gasteiger partial charge on any atom is 0.273 e. The van der Waals surface area contributed by atoms with E-state index in [1.807, 2.05) is 6.92 Å². The molecular formula is C14H12BrNO4. The number of halogens is 1. The summed E-state index contributed by atoms with van der Waals surface area (Å²) in [4.78, 5) is 10.3. The largest absolute Gasteiger partial charge is 0.456 e. The summed E-state index contributed by atoms with van der Waals surface area (Å²) in [6.07, 6.45) is 0. The Morgan fingerprint density at radius 3 is 2.65 bits per heavy atom. The van der Waals surface area contributed by atoms with E-state index in [0.717, 1.165) is 11.1 Å². The number of nitro benzene ring substituents is 1. The van der Waals surface area contributed by atoms with Crippen LogP contribution in [0.15, 0.2) is 40.9 Å². The molecule has 5 nitrogen and oxygen atoms in total. The molecule has 2 aromatic rings. The lowest BCUT2D eigenvalue weighted by atomic mass is 10.1. The number of aliphatic hydroxyl groups is 1. The Balaban J connectivity index is 2.32. The summed E-state index contributed by atoms with van der Waals surface area (Å²) < 4.78 is 6.28.